The average Bonchev–Trinajstić information content (AvgIpc) is 3.16. The molecule has 1 saturated carbocycles. The van der Waals surface area contributed by atoms with Crippen molar-refractivity contribution < 1.29 is 10.3 Å². The highest BCUT2D eigenvalue weighted by Crippen LogP contribution is 2.58. The van der Waals surface area contributed by atoms with Gasteiger partial charge in [0.1, 0.15) is 0 Å². The number of aromatic nitrogens is 2. The van der Waals surface area contributed by atoms with Crippen LogP contribution in [0.4, 0.5) is 4.79 Å². The molecule has 2 N–H and O–H groups in total. The van der Waals surface area contributed by atoms with Gasteiger partial charge in [0.05, 0.1) is 5.48 Å². The Morgan fingerprint density at radius 2 is 2.29 bits per heavy atom. The highest BCUT2D eigenvalue weighted by Gasteiger charge is 2.53. The summed E-state index contributed by atoms with van der Waals surface area (Å²) < 4.78 is 32.6. The van der Waals surface area contributed by atoms with E-state index in [2.05, 4.69) is 15.6 Å². The van der Waals surface area contributed by atoms with Crippen molar-refractivity contribution in [2.45, 2.75) is 19.3 Å². The van der Waals surface area contributed by atoms with Gasteiger partial charge in [0.2, 0.25) is 0 Å². The van der Waals surface area contributed by atoms with E-state index in [1.807, 2.05) is 0 Å². The number of hydrogen-bond acceptors (Lipinski definition) is 3. The van der Waals surface area contributed by atoms with E-state index >= 15 is 0 Å². The minimum atomic E-state index is -0.520. The quantitative estimate of drug-likeness (QED) is 0.888. The van der Waals surface area contributed by atoms with Gasteiger partial charge < -0.3 is 10.6 Å². The van der Waals surface area contributed by atoms with Gasteiger partial charge in [-0.1, -0.05) is 0 Å². The first-order chi connectivity index (χ1) is 11.9. The summed E-state index contributed by atoms with van der Waals surface area (Å²) in [6.45, 7) is 2.59. The molecular weight excluding hydrogens is 264 g/mol. The molecule has 1 aliphatic carbocycles. The third kappa shape index (κ3) is 2.31. The van der Waals surface area contributed by atoms with Gasteiger partial charge >= 0.3 is 6.03 Å². The van der Waals surface area contributed by atoms with Crippen LogP contribution in [-0.4, -0.2) is 35.2 Å². The molecule has 2 aromatic rings. The van der Waals surface area contributed by atoms with Crippen molar-refractivity contribution in [1.29, 1.82) is 0 Å². The van der Waals surface area contributed by atoms with Crippen molar-refractivity contribution in [2.24, 2.45) is 11.3 Å². The number of nitrogens with one attached hydrogen (secondary N) is 2. The zero-order chi connectivity index (χ0) is 17.8. The standard InChI is InChI=1S/C16H20N4O/c21-15(20-10-12-1-4-18-8-13(12)11-20)19-9-14-7-16(14)2-5-17-6-3-16/h1,4,8,10-11,14,17H,2-3,5-7,9H2,(H,19,21)/i4D,8D,10D,11D. The van der Waals surface area contributed by atoms with Crippen LogP contribution in [0.2, 0.25) is 0 Å². The number of amides is 1. The first-order valence-electron chi connectivity index (χ1n) is 9.38. The molecule has 1 atom stereocenters. The second-order valence-electron chi connectivity index (χ2n) is 6.04. The molecular formula is C16H20N4O. The molecule has 1 amide bonds. The molecule has 0 aromatic carbocycles. The molecule has 1 spiro atoms. The van der Waals surface area contributed by atoms with Gasteiger partial charge in [-0.05, 0) is 49.8 Å². The fourth-order valence-corrected chi connectivity index (χ4v) is 3.40. The Bertz CT molecular complexity index is 860. The lowest BCUT2D eigenvalue weighted by atomic mass is 9.92. The van der Waals surface area contributed by atoms with E-state index in [4.69, 9.17) is 5.48 Å². The summed E-state index contributed by atoms with van der Waals surface area (Å²) in [6, 6.07) is 0.802. The Labute approximate surface area is 129 Å². The number of carbonyl (C=O) groups is 1. The van der Waals surface area contributed by atoms with Crippen LogP contribution in [0.5, 0.6) is 0 Å². The zero-order valence-corrected chi connectivity index (χ0v) is 11.7. The molecule has 2 aromatic heterocycles. The maximum absolute atomic E-state index is 12.5. The highest BCUT2D eigenvalue weighted by atomic mass is 16.2. The Kier molecular flexibility index (Phi) is 2.12. The predicted molar refractivity (Wildman–Crippen MR) is 81.2 cm³/mol. The molecule has 4 rings (SSSR count). The van der Waals surface area contributed by atoms with Crippen molar-refractivity contribution >= 4 is 16.8 Å². The lowest BCUT2D eigenvalue weighted by molar-refractivity contribution is 0.240. The Hall–Kier alpha value is -1.88. The van der Waals surface area contributed by atoms with Crippen LogP contribution in [0.1, 0.15) is 24.7 Å². The van der Waals surface area contributed by atoms with Crippen molar-refractivity contribution in [3.05, 3.63) is 30.8 Å². The molecule has 0 bridgehead atoms. The first-order valence-corrected chi connectivity index (χ1v) is 7.38. The molecule has 3 heterocycles. The molecule has 0 radical (unpaired) electrons. The largest absolute Gasteiger partial charge is 0.337 e. The first kappa shape index (κ1) is 9.20. The second kappa shape index (κ2) is 4.84. The summed E-state index contributed by atoms with van der Waals surface area (Å²) in [5.41, 5.74) is 0.353. The van der Waals surface area contributed by atoms with Crippen LogP contribution < -0.4 is 10.6 Å². The summed E-state index contributed by atoms with van der Waals surface area (Å²) in [7, 11) is 0. The maximum atomic E-state index is 12.5. The van der Waals surface area contributed by atoms with E-state index in [1.54, 1.807) is 0 Å². The summed E-state index contributed by atoms with van der Waals surface area (Å²) >= 11 is 0. The molecule has 1 saturated heterocycles. The number of carbonyl (C=O) groups excluding carboxylic acids is 1. The molecule has 21 heavy (non-hydrogen) atoms. The maximum Gasteiger partial charge on any atom is 0.325 e. The highest BCUT2D eigenvalue weighted by molar-refractivity contribution is 5.87. The van der Waals surface area contributed by atoms with Gasteiger partial charge in [0.15, 0.2) is 0 Å². The van der Waals surface area contributed by atoms with Crippen LogP contribution >= 0.6 is 0 Å². The van der Waals surface area contributed by atoms with Gasteiger partial charge in [-0.15, -0.1) is 0 Å². The second-order valence-corrected chi connectivity index (χ2v) is 6.04. The molecule has 1 unspecified atom stereocenters. The minimum absolute atomic E-state index is 0.136. The van der Waals surface area contributed by atoms with E-state index in [0.29, 0.717) is 17.9 Å². The number of nitrogens with zero attached hydrogens (tertiary/aromatic N) is 2. The van der Waals surface area contributed by atoms with E-state index < -0.39 is 6.03 Å². The van der Waals surface area contributed by atoms with Crippen molar-refractivity contribution in [3.63, 3.8) is 0 Å². The van der Waals surface area contributed by atoms with Gasteiger partial charge in [-0.3, -0.25) is 9.55 Å². The summed E-state index contributed by atoms with van der Waals surface area (Å²) in [6.07, 6.45) is 2.60. The average molecular weight is 288 g/mol. The molecule has 2 fully saturated rings. The lowest BCUT2D eigenvalue weighted by Gasteiger charge is -2.23. The van der Waals surface area contributed by atoms with Crippen molar-refractivity contribution in [2.75, 3.05) is 19.6 Å². The number of rotatable bonds is 2. The Morgan fingerprint density at radius 1 is 1.48 bits per heavy atom. The Morgan fingerprint density at radius 3 is 3.14 bits per heavy atom. The van der Waals surface area contributed by atoms with Gasteiger partial charge in [-0.25, -0.2) is 4.79 Å². The van der Waals surface area contributed by atoms with Crippen LogP contribution in [0.25, 0.3) is 10.8 Å². The predicted octanol–water partition coefficient (Wildman–Crippen LogP) is 1.98. The summed E-state index contributed by atoms with van der Waals surface area (Å²) in [4.78, 5) is 16.2. The number of pyridine rings is 1. The van der Waals surface area contributed by atoms with Crippen molar-refractivity contribution in [3.8, 4) is 0 Å². The number of hydrogen-bond donors (Lipinski definition) is 2. The molecule has 5 nitrogen and oxygen atoms in total. The normalized spacial score (nSPS) is 26.0. The molecule has 5 heteroatoms. The van der Waals surface area contributed by atoms with Gasteiger partial charge in [0.25, 0.3) is 0 Å². The Balaban J connectivity index is 1.54. The monoisotopic (exact) mass is 288 g/mol. The third-order valence-electron chi connectivity index (χ3n) is 4.83. The van der Waals surface area contributed by atoms with Crippen LogP contribution in [0.3, 0.4) is 0 Å². The minimum Gasteiger partial charge on any atom is -0.337 e. The fourth-order valence-electron chi connectivity index (χ4n) is 3.40. The van der Waals surface area contributed by atoms with E-state index in [9.17, 15) is 4.79 Å². The van der Waals surface area contributed by atoms with E-state index in [-0.39, 0.29) is 35.5 Å². The summed E-state index contributed by atoms with van der Waals surface area (Å²) in [5.74, 6) is 0.458. The van der Waals surface area contributed by atoms with E-state index in [0.717, 1.165) is 36.9 Å². The zero-order valence-electron chi connectivity index (χ0n) is 15.7. The van der Waals surface area contributed by atoms with Gasteiger partial charge in [0, 0.05) is 42.0 Å². The SMILES string of the molecule is [2H]c1cc2c([2H])n(C(=O)NCC3CC34CCNCC4)c([2H])c2c([2H])n1. The molecule has 1 aliphatic heterocycles. The van der Waals surface area contributed by atoms with Crippen molar-refractivity contribution in [1.82, 2.24) is 20.2 Å². The lowest BCUT2D eigenvalue weighted by Crippen LogP contribution is -2.33. The molecule has 110 valence electrons. The van der Waals surface area contributed by atoms with Crippen LogP contribution in [0.15, 0.2) is 30.8 Å². The summed E-state index contributed by atoms with van der Waals surface area (Å²) in [5, 5.41) is 6.57. The van der Waals surface area contributed by atoms with Gasteiger partial charge in [-0.2, -0.15) is 0 Å². The van der Waals surface area contributed by atoms with Crippen LogP contribution in [-0.2, 0) is 0 Å². The fraction of sp³-hybridized carbons (Fsp3) is 0.500. The number of fused-ring (bicyclic) bond motifs is 1. The molecule has 2 aliphatic rings. The van der Waals surface area contributed by atoms with Crippen LogP contribution in [0, 0.1) is 11.3 Å². The smallest absolute Gasteiger partial charge is 0.325 e. The third-order valence-corrected chi connectivity index (χ3v) is 4.83. The topological polar surface area (TPSA) is 59.0 Å². The number of piperidine rings is 1. The van der Waals surface area contributed by atoms with E-state index in [1.165, 1.54) is 6.07 Å².